The van der Waals surface area contributed by atoms with Crippen LogP contribution in [0.25, 0.3) is 11.1 Å². The Balaban J connectivity index is 1.20. The highest BCUT2D eigenvalue weighted by molar-refractivity contribution is 5.80. The Morgan fingerprint density at radius 1 is 0.943 bits per heavy atom. The average molecular weight is 479 g/mol. The third kappa shape index (κ3) is 5.66. The van der Waals surface area contributed by atoms with Crippen molar-refractivity contribution in [3.63, 3.8) is 0 Å². The molecule has 2 aromatic carbocycles. The van der Waals surface area contributed by atoms with E-state index in [-0.39, 0.29) is 17.7 Å². The molecule has 186 valence electrons. The van der Waals surface area contributed by atoms with Gasteiger partial charge in [-0.15, -0.1) is 0 Å². The molecule has 1 fully saturated rings. The third-order valence-electron chi connectivity index (χ3n) is 7.61. The molecule has 3 N–H and O–H groups in total. The third-order valence-corrected chi connectivity index (χ3v) is 7.61. The summed E-state index contributed by atoms with van der Waals surface area (Å²) in [4.78, 5) is 36.0. The highest BCUT2D eigenvalue weighted by Crippen LogP contribution is 2.44. The van der Waals surface area contributed by atoms with Gasteiger partial charge in [0.2, 0.25) is 5.91 Å². The van der Waals surface area contributed by atoms with E-state index in [1.54, 1.807) is 13.8 Å². The fourth-order valence-electron chi connectivity index (χ4n) is 5.19. The first-order valence-corrected chi connectivity index (χ1v) is 12.5. The molecule has 2 aliphatic rings. The number of ether oxygens (including phenoxy) is 1. The minimum absolute atomic E-state index is 0.0355. The summed E-state index contributed by atoms with van der Waals surface area (Å²) in [5.41, 5.74) is 4.77. The quantitative estimate of drug-likeness (QED) is 0.516. The second-order valence-electron chi connectivity index (χ2n) is 9.85. The van der Waals surface area contributed by atoms with Gasteiger partial charge in [-0.2, -0.15) is 0 Å². The first kappa shape index (κ1) is 24.8. The fraction of sp³-hybridized carbons (Fsp3) is 0.464. The molecule has 35 heavy (non-hydrogen) atoms. The summed E-state index contributed by atoms with van der Waals surface area (Å²) in [5, 5.41) is 14.8. The number of alkyl carbamates (subject to hydrolysis) is 1. The van der Waals surface area contributed by atoms with Crippen molar-refractivity contribution in [3.05, 3.63) is 59.7 Å². The average Bonchev–Trinajstić information content (AvgIpc) is 3.19. The number of nitrogens with one attached hydrogen (secondary N) is 2. The van der Waals surface area contributed by atoms with Gasteiger partial charge in [0.15, 0.2) is 0 Å². The first-order chi connectivity index (χ1) is 16.8. The highest BCUT2D eigenvalue weighted by Gasteiger charge is 2.31. The standard InChI is InChI=1S/C28H34N2O5/c1-17(27(32)33)18(2)30-26(31)20-13-11-19(12-14-20)15-29-28(34)35-16-25-23-9-5-3-7-21(23)22-8-4-6-10-24(22)25/h3-10,17-20,25H,11-16H2,1-2H3,(H,29,34)(H,30,31)(H,32,33). The first-order valence-electron chi connectivity index (χ1n) is 12.5. The fourth-order valence-corrected chi connectivity index (χ4v) is 5.19. The lowest BCUT2D eigenvalue weighted by Gasteiger charge is -2.29. The second-order valence-corrected chi connectivity index (χ2v) is 9.85. The van der Waals surface area contributed by atoms with Gasteiger partial charge in [-0.25, -0.2) is 4.79 Å². The summed E-state index contributed by atoms with van der Waals surface area (Å²) in [5.74, 6) is -1.39. The van der Waals surface area contributed by atoms with Crippen LogP contribution in [0.5, 0.6) is 0 Å². The monoisotopic (exact) mass is 478 g/mol. The minimum atomic E-state index is -0.916. The van der Waals surface area contributed by atoms with Crippen LogP contribution in [-0.2, 0) is 14.3 Å². The topological polar surface area (TPSA) is 105 Å². The van der Waals surface area contributed by atoms with Gasteiger partial charge >= 0.3 is 12.1 Å². The molecule has 2 unspecified atom stereocenters. The number of rotatable bonds is 8. The molecular weight excluding hydrogens is 444 g/mol. The number of benzene rings is 2. The van der Waals surface area contributed by atoms with Crippen LogP contribution in [0.2, 0.25) is 0 Å². The van der Waals surface area contributed by atoms with E-state index < -0.39 is 24.0 Å². The molecule has 0 bridgehead atoms. The number of carbonyl (C=O) groups is 3. The summed E-state index contributed by atoms with van der Waals surface area (Å²) >= 11 is 0. The Bertz CT molecular complexity index is 1030. The van der Waals surface area contributed by atoms with Crippen LogP contribution in [0, 0.1) is 17.8 Å². The Morgan fingerprint density at radius 2 is 1.51 bits per heavy atom. The van der Waals surface area contributed by atoms with Gasteiger partial charge < -0.3 is 20.5 Å². The van der Waals surface area contributed by atoms with Crippen LogP contribution in [-0.4, -0.2) is 42.3 Å². The van der Waals surface area contributed by atoms with E-state index in [1.165, 1.54) is 22.3 Å². The van der Waals surface area contributed by atoms with Gasteiger partial charge in [0.05, 0.1) is 5.92 Å². The minimum Gasteiger partial charge on any atom is -0.481 e. The van der Waals surface area contributed by atoms with E-state index in [0.29, 0.717) is 19.1 Å². The summed E-state index contributed by atoms with van der Waals surface area (Å²) in [7, 11) is 0. The summed E-state index contributed by atoms with van der Waals surface area (Å²) in [6, 6.07) is 16.1. The van der Waals surface area contributed by atoms with E-state index in [2.05, 4.69) is 34.9 Å². The maximum absolute atomic E-state index is 12.5. The van der Waals surface area contributed by atoms with Crippen LogP contribution < -0.4 is 10.6 Å². The largest absolute Gasteiger partial charge is 0.481 e. The number of hydrogen-bond donors (Lipinski definition) is 3. The van der Waals surface area contributed by atoms with Gasteiger partial charge in [-0.3, -0.25) is 9.59 Å². The lowest BCUT2D eigenvalue weighted by Crippen LogP contribution is -2.44. The highest BCUT2D eigenvalue weighted by atomic mass is 16.5. The number of carbonyl (C=O) groups excluding carboxylic acids is 2. The van der Waals surface area contributed by atoms with Crippen LogP contribution in [0.15, 0.2) is 48.5 Å². The molecule has 7 heteroatoms. The number of aliphatic carboxylic acids is 1. The summed E-state index contributed by atoms with van der Waals surface area (Å²) < 4.78 is 5.61. The second kappa shape index (κ2) is 10.9. The molecular formula is C28H34N2O5. The lowest BCUT2D eigenvalue weighted by molar-refractivity contribution is -0.142. The Hall–Kier alpha value is -3.35. The molecule has 0 heterocycles. The predicted molar refractivity (Wildman–Crippen MR) is 133 cm³/mol. The van der Waals surface area contributed by atoms with Gasteiger partial charge in [0, 0.05) is 24.4 Å². The van der Waals surface area contributed by atoms with Crippen LogP contribution in [0.4, 0.5) is 4.79 Å². The Morgan fingerprint density at radius 3 is 2.09 bits per heavy atom. The molecule has 2 atom stereocenters. The van der Waals surface area contributed by atoms with Crippen molar-refractivity contribution in [2.75, 3.05) is 13.2 Å². The molecule has 1 saturated carbocycles. The van der Waals surface area contributed by atoms with Crippen molar-refractivity contribution in [3.8, 4) is 11.1 Å². The number of hydrogen-bond acceptors (Lipinski definition) is 4. The van der Waals surface area contributed by atoms with Crippen molar-refractivity contribution < 1.29 is 24.2 Å². The zero-order valence-electron chi connectivity index (χ0n) is 20.3. The zero-order valence-corrected chi connectivity index (χ0v) is 20.3. The number of carboxylic acids is 1. The van der Waals surface area contributed by atoms with Gasteiger partial charge in [0.1, 0.15) is 6.61 Å². The molecule has 0 aliphatic heterocycles. The van der Waals surface area contributed by atoms with E-state index in [0.717, 1.165) is 25.7 Å². The Labute approximate surface area is 206 Å². The number of carboxylic acid groups (broad SMARTS) is 1. The van der Waals surface area contributed by atoms with Crippen molar-refractivity contribution in [1.82, 2.24) is 10.6 Å². The molecule has 0 saturated heterocycles. The number of amides is 2. The van der Waals surface area contributed by atoms with Crippen molar-refractivity contribution in [2.45, 2.75) is 51.5 Å². The van der Waals surface area contributed by atoms with Crippen molar-refractivity contribution in [1.29, 1.82) is 0 Å². The molecule has 4 rings (SSSR count). The molecule has 2 amide bonds. The predicted octanol–water partition coefficient (Wildman–Crippen LogP) is 4.56. The van der Waals surface area contributed by atoms with Gasteiger partial charge in [-0.05, 0) is 67.7 Å². The van der Waals surface area contributed by atoms with Crippen LogP contribution >= 0.6 is 0 Å². The van der Waals surface area contributed by atoms with E-state index in [4.69, 9.17) is 9.84 Å². The maximum Gasteiger partial charge on any atom is 0.407 e. The lowest BCUT2D eigenvalue weighted by atomic mass is 9.81. The molecule has 0 aromatic heterocycles. The zero-order chi connectivity index (χ0) is 24.9. The van der Waals surface area contributed by atoms with E-state index in [9.17, 15) is 14.4 Å². The summed E-state index contributed by atoms with van der Waals surface area (Å²) in [6.07, 6.45) is 2.73. The Kier molecular flexibility index (Phi) is 7.73. The summed E-state index contributed by atoms with van der Waals surface area (Å²) in [6.45, 7) is 4.14. The SMILES string of the molecule is CC(NC(=O)C1CCC(CNC(=O)OCC2c3ccccc3-c3ccccc32)CC1)C(C)C(=O)O. The van der Waals surface area contributed by atoms with E-state index >= 15 is 0 Å². The molecule has 0 radical (unpaired) electrons. The van der Waals surface area contributed by atoms with Crippen LogP contribution in [0.1, 0.15) is 56.6 Å². The number of fused-ring (bicyclic) bond motifs is 3. The van der Waals surface area contributed by atoms with Gasteiger partial charge in [0.25, 0.3) is 0 Å². The normalized spacial score (nSPS) is 20.7. The molecule has 2 aromatic rings. The molecule has 2 aliphatic carbocycles. The van der Waals surface area contributed by atoms with Gasteiger partial charge in [-0.1, -0.05) is 48.5 Å². The van der Waals surface area contributed by atoms with Crippen molar-refractivity contribution >= 4 is 18.0 Å². The van der Waals surface area contributed by atoms with E-state index in [1.807, 2.05) is 24.3 Å². The maximum atomic E-state index is 12.5. The molecule has 7 nitrogen and oxygen atoms in total. The smallest absolute Gasteiger partial charge is 0.407 e. The van der Waals surface area contributed by atoms with Crippen LogP contribution in [0.3, 0.4) is 0 Å². The molecule has 0 spiro atoms. The van der Waals surface area contributed by atoms with Crippen molar-refractivity contribution in [2.24, 2.45) is 17.8 Å².